The SMILES string of the molecule is O=C(NCc1n[nH]c(COc2ccccc2)n1)c1n[nH]c2ccccc12. The third-order valence-corrected chi connectivity index (χ3v) is 3.79. The smallest absolute Gasteiger partial charge is 0.272 e. The summed E-state index contributed by atoms with van der Waals surface area (Å²) in [4.78, 5) is 16.6. The number of carbonyl (C=O) groups excluding carboxylic acids is 1. The average molecular weight is 348 g/mol. The highest BCUT2D eigenvalue weighted by Crippen LogP contribution is 2.15. The second-order valence-electron chi connectivity index (χ2n) is 5.60. The minimum absolute atomic E-state index is 0.196. The Morgan fingerprint density at radius 3 is 2.69 bits per heavy atom. The van der Waals surface area contributed by atoms with Crippen LogP contribution in [0.2, 0.25) is 0 Å². The van der Waals surface area contributed by atoms with E-state index < -0.39 is 0 Å². The van der Waals surface area contributed by atoms with Crippen LogP contribution in [0.4, 0.5) is 0 Å². The zero-order chi connectivity index (χ0) is 17.8. The Labute approximate surface area is 148 Å². The van der Waals surface area contributed by atoms with Crippen LogP contribution in [0.1, 0.15) is 22.1 Å². The summed E-state index contributed by atoms with van der Waals surface area (Å²) in [6, 6.07) is 16.9. The van der Waals surface area contributed by atoms with Gasteiger partial charge in [-0.15, -0.1) is 0 Å². The topological polar surface area (TPSA) is 109 Å². The van der Waals surface area contributed by atoms with Gasteiger partial charge in [0.15, 0.2) is 17.3 Å². The van der Waals surface area contributed by atoms with Crippen LogP contribution in [0.15, 0.2) is 54.6 Å². The molecule has 0 radical (unpaired) electrons. The van der Waals surface area contributed by atoms with Crippen molar-refractivity contribution in [1.29, 1.82) is 0 Å². The van der Waals surface area contributed by atoms with Gasteiger partial charge < -0.3 is 10.1 Å². The first-order chi connectivity index (χ1) is 12.8. The van der Waals surface area contributed by atoms with Crippen LogP contribution in [-0.2, 0) is 13.2 Å². The fraction of sp³-hybridized carbons (Fsp3) is 0.111. The Morgan fingerprint density at radius 2 is 1.81 bits per heavy atom. The third kappa shape index (κ3) is 3.39. The molecule has 0 saturated heterocycles. The molecule has 0 saturated carbocycles. The standard InChI is InChI=1S/C18H16N6O2/c25-18(17-13-8-4-5-9-14(13)21-24-17)19-10-15-20-16(23-22-15)11-26-12-6-2-1-3-7-12/h1-9H,10-11H2,(H,19,25)(H,21,24)(H,20,22,23). The number of hydrogen-bond acceptors (Lipinski definition) is 5. The van der Waals surface area contributed by atoms with Gasteiger partial charge in [0.1, 0.15) is 12.4 Å². The van der Waals surface area contributed by atoms with Crippen LogP contribution < -0.4 is 10.1 Å². The summed E-state index contributed by atoms with van der Waals surface area (Å²) in [7, 11) is 0. The lowest BCUT2D eigenvalue weighted by Gasteiger charge is -2.02. The molecule has 0 aliphatic carbocycles. The van der Waals surface area contributed by atoms with Crippen molar-refractivity contribution in [3.8, 4) is 5.75 Å². The number of hydrogen-bond donors (Lipinski definition) is 3. The minimum atomic E-state index is -0.283. The molecular weight excluding hydrogens is 332 g/mol. The van der Waals surface area contributed by atoms with Crippen molar-refractivity contribution in [2.24, 2.45) is 0 Å². The predicted octanol–water partition coefficient (Wildman–Crippen LogP) is 2.19. The van der Waals surface area contributed by atoms with E-state index in [0.29, 0.717) is 17.3 Å². The molecule has 0 unspecified atom stereocenters. The van der Waals surface area contributed by atoms with E-state index in [1.165, 1.54) is 0 Å². The number of carbonyl (C=O) groups is 1. The molecule has 2 aromatic carbocycles. The van der Waals surface area contributed by atoms with Crippen molar-refractivity contribution in [3.63, 3.8) is 0 Å². The molecule has 0 aliphatic rings. The van der Waals surface area contributed by atoms with Crippen molar-refractivity contribution in [2.45, 2.75) is 13.2 Å². The monoisotopic (exact) mass is 348 g/mol. The number of nitrogens with zero attached hydrogens (tertiary/aromatic N) is 3. The van der Waals surface area contributed by atoms with Gasteiger partial charge in [-0.3, -0.25) is 15.0 Å². The molecule has 3 N–H and O–H groups in total. The molecule has 4 rings (SSSR count). The lowest BCUT2D eigenvalue weighted by atomic mass is 10.2. The first kappa shape index (κ1) is 15.8. The lowest BCUT2D eigenvalue weighted by Crippen LogP contribution is -2.24. The van der Waals surface area contributed by atoms with E-state index in [2.05, 4.69) is 30.7 Å². The van der Waals surface area contributed by atoms with E-state index in [4.69, 9.17) is 4.74 Å². The van der Waals surface area contributed by atoms with Crippen LogP contribution in [-0.4, -0.2) is 31.3 Å². The average Bonchev–Trinajstić information content (AvgIpc) is 3.32. The highest BCUT2D eigenvalue weighted by Gasteiger charge is 2.14. The largest absolute Gasteiger partial charge is 0.486 e. The molecule has 2 heterocycles. The molecule has 8 heteroatoms. The Balaban J connectivity index is 1.35. The molecule has 8 nitrogen and oxygen atoms in total. The normalized spacial score (nSPS) is 10.8. The van der Waals surface area contributed by atoms with Gasteiger partial charge in [0.05, 0.1) is 12.1 Å². The molecule has 130 valence electrons. The molecule has 1 amide bonds. The predicted molar refractivity (Wildman–Crippen MR) is 94.4 cm³/mol. The minimum Gasteiger partial charge on any atom is -0.486 e. The molecule has 4 aromatic rings. The van der Waals surface area contributed by atoms with Crippen molar-refractivity contribution < 1.29 is 9.53 Å². The molecule has 0 spiro atoms. The Kier molecular flexibility index (Phi) is 4.29. The first-order valence-corrected chi connectivity index (χ1v) is 8.09. The Morgan fingerprint density at radius 1 is 1.00 bits per heavy atom. The second kappa shape index (κ2) is 7.06. The number of para-hydroxylation sites is 2. The van der Waals surface area contributed by atoms with Crippen molar-refractivity contribution in [1.82, 2.24) is 30.7 Å². The van der Waals surface area contributed by atoms with Crippen LogP contribution in [0.3, 0.4) is 0 Å². The quantitative estimate of drug-likeness (QED) is 0.495. The summed E-state index contributed by atoms with van der Waals surface area (Å²) < 4.78 is 5.60. The second-order valence-corrected chi connectivity index (χ2v) is 5.60. The van der Waals surface area contributed by atoms with Crippen LogP contribution in [0.25, 0.3) is 10.9 Å². The summed E-state index contributed by atoms with van der Waals surface area (Å²) in [5.74, 6) is 1.53. The van der Waals surface area contributed by atoms with Crippen molar-refractivity contribution in [2.75, 3.05) is 0 Å². The van der Waals surface area contributed by atoms with E-state index in [9.17, 15) is 4.79 Å². The molecule has 0 bridgehead atoms. The number of H-pyrrole nitrogens is 2. The lowest BCUT2D eigenvalue weighted by molar-refractivity contribution is 0.0946. The van der Waals surface area contributed by atoms with Gasteiger partial charge in [-0.05, 0) is 18.2 Å². The van der Waals surface area contributed by atoms with E-state index in [-0.39, 0.29) is 19.1 Å². The van der Waals surface area contributed by atoms with Gasteiger partial charge in [0, 0.05) is 5.39 Å². The fourth-order valence-electron chi connectivity index (χ4n) is 2.53. The zero-order valence-electron chi connectivity index (χ0n) is 13.8. The number of ether oxygens (including phenoxy) is 1. The number of aromatic nitrogens is 5. The van der Waals surface area contributed by atoms with Gasteiger partial charge >= 0.3 is 0 Å². The van der Waals surface area contributed by atoms with E-state index >= 15 is 0 Å². The van der Waals surface area contributed by atoms with Crippen molar-refractivity contribution in [3.05, 3.63) is 71.9 Å². The highest BCUT2D eigenvalue weighted by atomic mass is 16.5. The molecular formula is C18H16N6O2. The summed E-state index contributed by atoms with van der Waals surface area (Å²) in [6.45, 7) is 0.469. The summed E-state index contributed by atoms with van der Waals surface area (Å²) in [5, 5.41) is 17.3. The van der Waals surface area contributed by atoms with Gasteiger partial charge in [0.25, 0.3) is 5.91 Å². The number of fused-ring (bicyclic) bond motifs is 1. The maximum absolute atomic E-state index is 12.3. The Hall–Kier alpha value is -3.68. The van der Waals surface area contributed by atoms with Gasteiger partial charge in [0.2, 0.25) is 0 Å². The summed E-state index contributed by atoms with van der Waals surface area (Å²) in [6.07, 6.45) is 0. The number of benzene rings is 2. The molecule has 0 atom stereocenters. The highest BCUT2D eigenvalue weighted by molar-refractivity contribution is 6.04. The third-order valence-electron chi connectivity index (χ3n) is 3.79. The maximum Gasteiger partial charge on any atom is 0.272 e. The first-order valence-electron chi connectivity index (χ1n) is 8.09. The molecule has 26 heavy (non-hydrogen) atoms. The van der Waals surface area contributed by atoms with Crippen LogP contribution >= 0.6 is 0 Å². The van der Waals surface area contributed by atoms with Gasteiger partial charge in [-0.2, -0.15) is 10.2 Å². The Bertz CT molecular complexity index is 1020. The van der Waals surface area contributed by atoms with E-state index in [1.807, 2.05) is 54.6 Å². The summed E-state index contributed by atoms with van der Waals surface area (Å²) in [5.41, 5.74) is 1.17. The molecule has 0 aliphatic heterocycles. The number of amides is 1. The molecule has 0 fully saturated rings. The van der Waals surface area contributed by atoms with Crippen LogP contribution in [0.5, 0.6) is 5.75 Å². The van der Waals surface area contributed by atoms with E-state index in [0.717, 1.165) is 16.7 Å². The van der Waals surface area contributed by atoms with Gasteiger partial charge in [-0.1, -0.05) is 36.4 Å². The van der Waals surface area contributed by atoms with Crippen LogP contribution in [0, 0.1) is 0 Å². The van der Waals surface area contributed by atoms with Gasteiger partial charge in [-0.25, -0.2) is 4.98 Å². The zero-order valence-corrected chi connectivity index (χ0v) is 13.8. The summed E-state index contributed by atoms with van der Waals surface area (Å²) >= 11 is 0. The molecule has 2 aromatic heterocycles. The number of aromatic amines is 2. The number of nitrogens with one attached hydrogen (secondary N) is 3. The van der Waals surface area contributed by atoms with Crippen molar-refractivity contribution >= 4 is 16.8 Å². The van der Waals surface area contributed by atoms with E-state index in [1.54, 1.807) is 0 Å². The maximum atomic E-state index is 12.3. The fourth-order valence-corrected chi connectivity index (χ4v) is 2.53. The number of rotatable bonds is 6.